The number of morpholine rings is 1. The molecule has 2 aliphatic heterocycles. The monoisotopic (exact) mass is 458 g/mol. The van der Waals surface area contributed by atoms with E-state index in [1.54, 1.807) is 6.07 Å². The van der Waals surface area contributed by atoms with E-state index < -0.39 is 23.5 Å². The second-order valence-corrected chi connectivity index (χ2v) is 8.68. The van der Waals surface area contributed by atoms with Gasteiger partial charge in [-0.05, 0) is 30.0 Å². The van der Waals surface area contributed by atoms with Crippen LogP contribution in [0.2, 0.25) is 0 Å². The molecule has 2 saturated heterocycles. The molecule has 2 N–H and O–H groups in total. The van der Waals surface area contributed by atoms with E-state index in [-0.39, 0.29) is 16.9 Å². The molecule has 4 rings (SSSR count). The number of thiophene rings is 1. The summed E-state index contributed by atoms with van der Waals surface area (Å²) in [5, 5.41) is 23.3. The van der Waals surface area contributed by atoms with Gasteiger partial charge in [-0.3, -0.25) is 14.5 Å². The van der Waals surface area contributed by atoms with E-state index in [4.69, 9.17) is 9.47 Å². The van der Waals surface area contributed by atoms with Gasteiger partial charge in [-0.1, -0.05) is 6.07 Å². The molecule has 0 bridgehead atoms. The first-order valence-corrected chi connectivity index (χ1v) is 11.4. The van der Waals surface area contributed by atoms with Gasteiger partial charge in [0.2, 0.25) is 0 Å². The molecule has 2 aromatic rings. The van der Waals surface area contributed by atoms with Crippen molar-refractivity contribution >= 4 is 28.8 Å². The minimum absolute atomic E-state index is 0.00992. The number of aromatic hydroxyl groups is 1. The van der Waals surface area contributed by atoms with Crippen LogP contribution in [-0.2, 0) is 14.3 Å². The summed E-state index contributed by atoms with van der Waals surface area (Å²) in [5.74, 6) is -1.59. The Morgan fingerprint density at radius 3 is 2.66 bits per heavy atom. The number of ether oxygens (including phenoxy) is 2. The first-order valence-electron chi connectivity index (χ1n) is 10.5. The van der Waals surface area contributed by atoms with Gasteiger partial charge in [-0.25, -0.2) is 0 Å². The number of Topliss-reactive ketones (excluding diaryl/α,β-unsaturated/α-hetero) is 1. The third-order valence-electron chi connectivity index (χ3n) is 5.79. The van der Waals surface area contributed by atoms with Gasteiger partial charge in [0.05, 0.1) is 37.5 Å². The van der Waals surface area contributed by atoms with Crippen LogP contribution in [0.25, 0.3) is 5.76 Å². The minimum atomic E-state index is -0.748. The average Bonchev–Trinajstić information content (AvgIpc) is 3.42. The number of benzene rings is 1. The van der Waals surface area contributed by atoms with Gasteiger partial charge in [0.15, 0.2) is 0 Å². The molecule has 0 radical (unpaired) electrons. The molecule has 0 spiro atoms. The largest absolute Gasteiger partial charge is 0.507 e. The molecule has 2 fully saturated rings. The fraction of sp³-hybridized carbons (Fsp3) is 0.391. The van der Waals surface area contributed by atoms with Crippen molar-refractivity contribution in [2.24, 2.45) is 0 Å². The van der Waals surface area contributed by atoms with E-state index >= 15 is 0 Å². The average molecular weight is 459 g/mol. The number of hydrogen-bond acceptors (Lipinski definition) is 8. The third kappa shape index (κ3) is 4.36. The molecule has 9 heteroatoms. The maximum Gasteiger partial charge on any atom is 0.295 e. The fourth-order valence-corrected chi connectivity index (χ4v) is 4.97. The molecule has 0 aliphatic carbocycles. The Labute approximate surface area is 190 Å². The molecule has 2 aliphatic rings. The number of likely N-dealkylation sites (tertiary alicyclic amines) is 1. The number of rotatable bonds is 7. The quantitative estimate of drug-likeness (QED) is 0.374. The number of carbonyl (C=O) groups is 2. The molecule has 32 heavy (non-hydrogen) atoms. The predicted octanol–water partition coefficient (Wildman–Crippen LogP) is 2.61. The summed E-state index contributed by atoms with van der Waals surface area (Å²) in [7, 11) is 1.47. The topological polar surface area (TPSA) is 99.5 Å². The van der Waals surface area contributed by atoms with E-state index in [1.807, 2.05) is 17.5 Å². The highest BCUT2D eigenvalue weighted by Gasteiger charge is 2.46. The van der Waals surface area contributed by atoms with Crippen molar-refractivity contribution in [2.75, 3.05) is 46.5 Å². The van der Waals surface area contributed by atoms with E-state index in [2.05, 4.69) is 4.90 Å². The maximum absolute atomic E-state index is 13.0. The van der Waals surface area contributed by atoms with Crippen molar-refractivity contribution in [1.29, 1.82) is 0 Å². The maximum atomic E-state index is 13.0. The number of amides is 1. The summed E-state index contributed by atoms with van der Waals surface area (Å²) in [6, 6.07) is 7.40. The zero-order valence-electron chi connectivity index (χ0n) is 17.8. The van der Waals surface area contributed by atoms with Crippen LogP contribution in [0.15, 0.2) is 41.3 Å². The number of phenols is 1. The number of nitrogens with zero attached hydrogens (tertiary/aromatic N) is 2. The van der Waals surface area contributed by atoms with Crippen molar-refractivity contribution in [3.8, 4) is 11.5 Å². The molecule has 0 saturated carbocycles. The standard InChI is InChI=1S/C23H26N2O6S/c1-30-15-5-6-16(17(26)14-15)21(27)19-20(18-4-2-13-32-18)25(23(29)22(19)28)8-3-7-24-9-11-31-12-10-24/h2,4-6,13-14,20,26-27H,3,7-12H2,1H3/t20-/m1/s1. The normalized spacial score (nSPS) is 21.3. The van der Waals surface area contributed by atoms with Gasteiger partial charge in [0, 0.05) is 37.1 Å². The van der Waals surface area contributed by atoms with Gasteiger partial charge < -0.3 is 24.6 Å². The van der Waals surface area contributed by atoms with Crippen LogP contribution < -0.4 is 4.74 Å². The first kappa shape index (κ1) is 22.3. The summed E-state index contributed by atoms with van der Waals surface area (Å²) in [6.45, 7) is 4.28. The lowest BCUT2D eigenvalue weighted by Crippen LogP contribution is -2.38. The predicted molar refractivity (Wildman–Crippen MR) is 120 cm³/mol. The second kappa shape index (κ2) is 9.72. The Morgan fingerprint density at radius 2 is 2.00 bits per heavy atom. The lowest BCUT2D eigenvalue weighted by Gasteiger charge is -2.28. The van der Waals surface area contributed by atoms with Gasteiger partial charge in [-0.15, -0.1) is 11.3 Å². The van der Waals surface area contributed by atoms with E-state index in [0.717, 1.165) is 24.5 Å². The van der Waals surface area contributed by atoms with Crippen molar-refractivity contribution in [1.82, 2.24) is 9.80 Å². The lowest BCUT2D eigenvalue weighted by molar-refractivity contribution is -0.140. The zero-order valence-corrected chi connectivity index (χ0v) is 18.6. The Bertz CT molecular complexity index is 1010. The molecular weight excluding hydrogens is 432 g/mol. The summed E-state index contributed by atoms with van der Waals surface area (Å²) in [4.78, 5) is 30.5. The number of aliphatic hydroxyl groups excluding tert-OH is 1. The number of ketones is 1. The van der Waals surface area contributed by atoms with Gasteiger partial charge in [0.1, 0.15) is 17.3 Å². The van der Waals surface area contributed by atoms with Crippen molar-refractivity contribution in [3.63, 3.8) is 0 Å². The number of hydrogen-bond donors (Lipinski definition) is 2. The van der Waals surface area contributed by atoms with Crippen LogP contribution in [0.3, 0.4) is 0 Å². The van der Waals surface area contributed by atoms with Crippen LogP contribution in [0.1, 0.15) is 22.9 Å². The Morgan fingerprint density at radius 1 is 1.22 bits per heavy atom. The first-order chi connectivity index (χ1) is 15.5. The Balaban J connectivity index is 1.64. The number of phenolic OH excluding ortho intramolecular Hbond substituents is 1. The van der Waals surface area contributed by atoms with E-state index in [9.17, 15) is 19.8 Å². The van der Waals surface area contributed by atoms with Gasteiger partial charge in [0.25, 0.3) is 11.7 Å². The summed E-state index contributed by atoms with van der Waals surface area (Å²) >= 11 is 1.42. The molecule has 1 aromatic heterocycles. The van der Waals surface area contributed by atoms with Crippen molar-refractivity contribution in [2.45, 2.75) is 12.5 Å². The SMILES string of the molecule is COc1ccc(C(O)=C2C(=O)C(=O)N(CCCN3CCOCC3)[C@@H]2c2cccs2)c(O)c1. The highest BCUT2D eigenvalue weighted by molar-refractivity contribution is 7.10. The van der Waals surface area contributed by atoms with Crippen molar-refractivity contribution < 1.29 is 29.3 Å². The van der Waals surface area contributed by atoms with E-state index in [0.29, 0.717) is 31.9 Å². The molecule has 1 atom stereocenters. The molecule has 1 amide bonds. The Kier molecular flexibility index (Phi) is 6.78. The fourth-order valence-electron chi connectivity index (χ4n) is 4.13. The highest BCUT2D eigenvalue weighted by atomic mass is 32.1. The van der Waals surface area contributed by atoms with Crippen LogP contribution in [-0.4, -0.2) is 78.2 Å². The molecular formula is C23H26N2O6S. The van der Waals surface area contributed by atoms with Crippen molar-refractivity contribution in [3.05, 3.63) is 51.7 Å². The van der Waals surface area contributed by atoms with Gasteiger partial charge in [-0.2, -0.15) is 0 Å². The molecule has 3 heterocycles. The van der Waals surface area contributed by atoms with Crippen LogP contribution in [0.5, 0.6) is 11.5 Å². The van der Waals surface area contributed by atoms with Crippen LogP contribution >= 0.6 is 11.3 Å². The lowest BCUT2D eigenvalue weighted by atomic mass is 9.99. The highest BCUT2D eigenvalue weighted by Crippen LogP contribution is 2.42. The third-order valence-corrected chi connectivity index (χ3v) is 6.71. The minimum Gasteiger partial charge on any atom is -0.507 e. The Hall–Kier alpha value is -2.88. The molecule has 1 aromatic carbocycles. The number of methoxy groups -OCH3 is 1. The molecule has 170 valence electrons. The number of carbonyl (C=O) groups excluding carboxylic acids is 2. The summed E-state index contributed by atoms with van der Waals surface area (Å²) in [5.41, 5.74) is 0.0722. The zero-order chi connectivity index (χ0) is 22.7. The van der Waals surface area contributed by atoms with E-state index in [1.165, 1.54) is 35.5 Å². The van der Waals surface area contributed by atoms with Crippen LogP contribution in [0, 0.1) is 0 Å². The smallest absolute Gasteiger partial charge is 0.295 e. The summed E-state index contributed by atoms with van der Waals surface area (Å²) in [6.07, 6.45) is 0.697. The molecule has 0 unspecified atom stereocenters. The number of aliphatic hydroxyl groups is 1. The second-order valence-electron chi connectivity index (χ2n) is 7.70. The molecule has 8 nitrogen and oxygen atoms in total. The summed E-state index contributed by atoms with van der Waals surface area (Å²) < 4.78 is 10.5. The van der Waals surface area contributed by atoms with Crippen LogP contribution in [0.4, 0.5) is 0 Å². The van der Waals surface area contributed by atoms with Gasteiger partial charge >= 0.3 is 0 Å².